The second-order valence-corrected chi connectivity index (χ2v) is 9.95. The number of aromatic nitrogens is 4. The van der Waals surface area contributed by atoms with Crippen molar-refractivity contribution >= 4 is 32.8 Å². The van der Waals surface area contributed by atoms with E-state index in [2.05, 4.69) is 53.1 Å². The molecule has 8 rings (SSSR count). The Hall–Kier alpha value is -4.77. The summed E-state index contributed by atoms with van der Waals surface area (Å²) in [6.45, 7) is 0. The zero-order valence-corrected chi connectivity index (χ0v) is 20.8. The summed E-state index contributed by atoms with van der Waals surface area (Å²) in [5.41, 5.74) is 7.59. The van der Waals surface area contributed by atoms with Crippen LogP contribution in [0.2, 0.25) is 0 Å². The summed E-state index contributed by atoms with van der Waals surface area (Å²) in [5, 5.41) is 3.47. The van der Waals surface area contributed by atoms with E-state index in [-0.39, 0.29) is 0 Å². The van der Waals surface area contributed by atoms with Crippen LogP contribution < -0.4 is 0 Å². The molecule has 5 nitrogen and oxygen atoms in total. The van der Waals surface area contributed by atoms with Gasteiger partial charge in [0.1, 0.15) is 11.2 Å². The first kappa shape index (κ1) is 21.3. The molecule has 0 aliphatic heterocycles. The molecule has 0 N–H and O–H groups in total. The quantitative estimate of drug-likeness (QED) is 0.251. The number of hydrogen-bond acceptors (Lipinski definition) is 4. The number of nitrogens with zero attached hydrogens (tertiary/aromatic N) is 4. The van der Waals surface area contributed by atoms with Gasteiger partial charge in [0.2, 0.25) is 5.95 Å². The van der Waals surface area contributed by atoms with Gasteiger partial charge in [0, 0.05) is 33.0 Å². The Bertz CT molecular complexity index is 1910. The maximum atomic E-state index is 6.27. The summed E-state index contributed by atoms with van der Waals surface area (Å²) in [4.78, 5) is 15.1. The molecule has 0 radical (unpaired) electrons. The zero-order chi connectivity index (χ0) is 25.1. The highest BCUT2D eigenvalue weighted by Crippen LogP contribution is 2.39. The summed E-state index contributed by atoms with van der Waals surface area (Å²) in [6, 6.07) is 33.1. The number of hydrogen-bond donors (Lipinski definition) is 0. The third-order valence-electron chi connectivity index (χ3n) is 7.66. The van der Waals surface area contributed by atoms with Gasteiger partial charge >= 0.3 is 0 Å². The number of benzene rings is 4. The molecule has 3 heterocycles. The molecule has 0 saturated carbocycles. The number of fused-ring (bicyclic) bond motifs is 6. The van der Waals surface area contributed by atoms with Gasteiger partial charge in [-0.25, -0.2) is 4.98 Å². The molecule has 0 spiro atoms. The van der Waals surface area contributed by atoms with Crippen LogP contribution in [0.25, 0.3) is 61.6 Å². The van der Waals surface area contributed by atoms with Gasteiger partial charge in [0.25, 0.3) is 0 Å². The molecule has 0 unspecified atom stereocenters. The van der Waals surface area contributed by atoms with Crippen molar-refractivity contribution in [3.63, 3.8) is 0 Å². The fourth-order valence-electron chi connectivity index (χ4n) is 5.88. The first-order valence-corrected chi connectivity index (χ1v) is 13.2. The summed E-state index contributed by atoms with van der Waals surface area (Å²) in [6.07, 6.45) is 4.39. The van der Waals surface area contributed by atoms with Gasteiger partial charge < -0.3 is 4.42 Å². The lowest BCUT2D eigenvalue weighted by Crippen LogP contribution is -2.11. The molecule has 38 heavy (non-hydrogen) atoms. The van der Waals surface area contributed by atoms with Crippen molar-refractivity contribution in [2.24, 2.45) is 0 Å². The number of rotatable bonds is 3. The minimum absolute atomic E-state index is 0.665. The Labute approximate surface area is 219 Å². The SMILES string of the molecule is c1ccc(-c2nc(-c3ccccc3)nc(-n3c4c(c5cc6oc7ccccc7c6cc53)CCCC4)n2)cc1. The summed E-state index contributed by atoms with van der Waals surface area (Å²) in [5.74, 6) is 2.02. The zero-order valence-electron chi connectivity index (χ0n) is 20.8. The van der Waals surface area contributed by atoms with Crippen LogP contribution in [0.4, 0.5) is 0 Å². The van der Waals surface area contributed by atoms with E-state index in [0.717, 1.165) is 57.8 Å². The third-order valence-corrected chi connectivity index (χ3v) is 7.66. The number of para-hydroxylation sites is 1. The van der Waals surface area contributed by atoms with Crippen molar-refractivity contribution in [3.8, 4) is 28.7 Å². The molecule has 0 saturated heterocycles. The van der Waals surface area contributed by atoms with E-state index in [1.165, 1.54) is 23.1 Å². The molecule has 0 bridgehead atoms. The van der Waals surface area contributed by atoms with Crippen LogP contribution in [-0.4, -0.2) is 19.5 Å². The summed E-state index contributed by atoms with van der Waals surface area (Å²) in [7, 11) is 0. The maximum Gasteiger partial charge on any atom is 0.238 e. The number of aryl methyl sites for hydroxylation is 1. The Morgan fingerprint density at radius 3 is 1.97 bits per heavy atom. The van der Waals surface area contributed by atoms with Crippen molar-refractivity contribution < 1.29 is 4.42 Å². The first-order chi connectivity index (χ1) is 18.8. The van der Waals surface area contributed by atoms with Gasteiger partial charge in [-0.2, -0.15) is 9.97 Å². The highest BCUT2D eigenvalue weighted by molar-refractivity contribution is 6.10. The van der Waals surface area contributed by atoms with Crippen LogP contribution in [0.3, 0.4) is 0 Å². The van der Waals surface area contributed by atoms with Crippen molar-refractivity contribution in [2.75, 3.05) is 0 Å². The van der Waals surface area contributed by atoms with Gasteiger partial charge in [0.05, 0.1) is 5.52 Å². The highest BCUT2D eigenvalue weighted by Gasteiger charge is 2.25. The molecule has 1 aliphatic carbocycles. The molecule has 0 fully saturated rings. The lowest BCUT2D eigenvalue weighted by molar-refractivity contribution is 0.661. The Morgan fingerprint density at radius 2 is 1.24 bits per heavy atom. The van der Waals surface area contributed by atoms with E-state index >= 15 is 0 Å². The molecule has 0 amide bonds. The molecule has 5 heteroatoms. The van der Waals surface area contributed by atoms with Gasteiger partial charge in [-0.15, -0.1) is 0 Å². The van der Waals surface area contributed by atoms with E-state index in [9.17, 15) is 0 Å². The van der Waals surface area contributed by atoms with Crippen LogP contribution in [-0.2, 0) is 12.8 Å². The van der Waals surface area contributed by atoms with Crippen LogP contribution in [0.1, 0.15) is 24.1 Å². The normalized spacial score (nSPS) is 13.4. The van der Waals surface area contributed by atoms with Gasteiger partial charge in [-0.3, -0.25) is 4.57 Å². The summed E-state index contributed by atoms with van der Waals surface area (Å²) < 4.78 is 8.55. The lowest BCUT2D eigenvalue weighted by atomic mass is 9.95. The average Bonchev–Trinajstić information content (AvgIpc) is 3.51. The van der Waals surface area contributed by atoms with Crippen LogP contribution >= 0.6 is 0 Å². The predicted molar refractivity (Wildman–Crippen MR) is 151 cm³/mol. The second kappa shape index (κ2) is 8.38. The van der Waals surface area contributed by atoms with Crippen LogP contribution in [0.5, 0.6) is 0 Å². The Morgan fingerprint density at radius 1 is 0.579 bits per heavy atom. The molecule has 0 atom stereocenters. The maximum absolute atomic E-state index is 6.27. The molecule has 1 aliphatic rings. The monoisotopic (exact) mass is 492 g/mol. The largest absolute Gasteiger partial charge is 0.456 e. The van der Waals surface area contributed by atoms with E-state index in [1.54, 1.807) is 0 Å². The van der Waals surface area contributed by atoms with Crippen molar-refractivity contribution in [1.82, 2.24) is 19.5 Å². The standard InChI is InChI=1S/C33H24N4O/c1-3-11-21(12-4-1)31-34-32(22-13-5-2-6-14-22)36-33(35-31)37-27-17-9-7-15-23(27)25-20-30-26(19-28(25)37)24-16-8-10-18-29(24)38-30/h1-6,8,10-14,16,18-20H,7,9,15,17H2. The lowest BCUT2D eigenvalue weighted by Gasteiger charge is -2.16. The minimum atomic E-state index is 0.665. The van der Waals surface area contributed by atoms with Gasteiger partial charge in [-0.05, 0) is 49.4 Å². The average molecular weight is 493 g/mol. The van der Waals surface area contributed by atoms with E-state index in [4.69, 9.17) is 19.4 Å². The topological polar surface area (TPSA) is 56.7 Å². The molecule has 3 aromatic heterocycles. The first-order valence-electron chi connectivity index (χ1n) is 13.2. The fraction of sp³-hybridized carbons (Fsp3) is 0.121. The van der Waals surface area contributed by atoms with Crippen molar-refractivity contribution in [2.45, 2.75) is 25.7 Å². The smallest absolute Gasteiger partial charge is 0.238 e. The molecule has 7 aromatic rings. The number of furan rings is 1. The predicted octanol–water partition coefficient (Wildman–Crippen LogP) is 7.93. The van der Waals surface area contributed by atoms with Crippen molar-refractivity contribution in [3.05, 3.63) is 108 Å². The molecule has 182 valence electrons. The van der Waals surface area contributed by atoms with Crippen LogP contribution in [0.15, 0.2) is 101 Å². The van der Waals surface area contributed by atoms with Crippen LogP contribution in [0, 0.1) is 0 Å². The van der Waals surface area contributed by atoms with E-state index < -0.39 is 0 Å². The Balaban J connectivity index is 1.46. The Kier molecular flexibility index (Phi) is 4.71. The van der Waals surface area contributed by atoms with E-state index in [1.807, 2.05) is 48.5 Å². The van der Waals surface area contributed by atoms with Gasteiger partial charge in [-0.1, -0.05) is 78.9 Å². The molecular formula is C33H24N4O. The summed E-state index contributed by atoms with van der Waals surface area (Å²) >= 11 is 0. The molecular weight excluding hydrogens is 468 g/mol. The van der Waals surface area contributed by atoms with Crippen molar-refractivity contribution in [1.29, 1.82) is 0 Å². The van der Waals surface area contributed by atoms with E-state index in [0.29, 0.717) is 17.6 Å². The minimum Gasteiger partial charge on any atom is -0.456 e. The highest BCUT2D eigenvalue weighted by atomic mass is 16.3. The van der Waals surface area contributed by atoms with Gasteiger partial charge in [0.15, 0.2) is 11.6 Å². The molecule has 4 aromatic carbocycles. The second-order valence-electron chi connectivity index (χ2n) is 9.95. The third kappa shape index (κ3) is 3.28. The fourth-order valence-corrected chi connectivity index (χ4v) is 5.88.